The van der Waals surface area contributed by atoms with Crippen LogP contribution in [0.25, 0.3) is 0 Å². The quantitative estimate of drug-likeness (QED) is 0.856. The summed E-state index contributed by atoms with van der Waals surface area (Å²) in [6.07, 6.45) is -3.04. The molecule has 6 nitrogen and oxygen atoms in total. The zero-order chi connectivity index (χ0) is 16.5. The van der Waals surface area contributed by atoms with Crippen molar-refractivity contribution in [2.24, 2.45) is 0 Å². The molecule has 2 rings (SSSR count). The van der Waals surface area contributed by atoms with Gasteiger partial charge in [0, 0.05) is 12.1 Å². The Balaban J connectivity index is 2.04. The summed E-state index contributed by atoms with van der Waals surface area (Å²) in [5, 5.41) is 11.7. The lowest BCUT2D eigenvalue weighted by molar-refractivity contribution is -0.140. The molecular formula is C12H13BrF3N5O. The Labute approximate surface area is 132 Å². The monoisotopic (exact) mass is 379 g/mol. The predicted octanol–water partition coefficient (Wildman–Crippen LogP) is 3.03. The van der Waals surface area contributed by atoms with Crippen molar-refractivity contribution in [1.82, 2.24) is 20.0 Å². The number of aryl methyl sites for hydroxylation is 2. The summed E-state index contributed by atoms with van der Waals surface area (Å²) in [7, 11) is 0. The number of anilines is 1. The summed E-state index contributed by atoms with van der Waals surface area (Å²) < 4.78 is 40.7. The van der Waals surface area contributed by atoms with Crippen LogP contribution in [0.3, 0.4) is 0 Å². The van der Waals surface area contributed by atoms with Crippen LogP contribution in [0, 0.1) is 13.8 Å². The van der Waals surface area contributed by atoms with Gasteiger partial charge in [-0.15, -0.1) is 0 Å². The van der Waals surface area contributed by atoms with E-state index >= 15 is 0 Å². The van der Waals surface area contributed by atoms with Crippen molar-refractivity contribution < 1.29 is 18.0 Å². The number of rotatable bonds is 4. The van der Waals surface area contributed by atoms with Gasteiger partial charge in [-0.25, -0.2) is 0 Å². The number of nitrogens with zero attached hydrogens (tertiary/aromatic N) is 3. The summed E-state index contributed by atoms with van der Waals surface area (Å²) in [4.78, 5) is 11.9. The molecular weight excluding hydrogens is 367 g/mol. The molecule has 2 heterocycles. The van der Waals surface area contributed by atoms with E-state index in [1.165, 1.54) is 6.92 Å². The van der Waals surface area contributed by atoms with Crippen LogP contribution < -0.4 is 5.32 Å². The van der Waals surface area contributed by atoms with Gasteiger partial charge in [-0.05, 0) is 29.8 Å². The molecule has 2 aromatic rings. The number of hydrogen-bond acceptors (Lipinski definition) is 3. The van der Waals surface area contributed by atoms with Crippen LogP contribution in [-0.4, -0.2) is 25.9 Å². The summed E-state index contributed by atoms with van der Waals surface area (Å²) >= 11 is 3.29. The molecule has 0 radical (unpaired) electrons. The van der Waals surface area contributed by atoms with Crippen LogP contribution >= 0.6 is 15.9 Å². The number of amides is 1. The maximum Gasteiger partial charge on any atom is 0.437 e. The molecule has 0 aliphatic heterocycles. The van der Waals surface area contributed by atoms with Crippen LogP contribution in [0.4, 0.5) is 18.9 Å². The fraction of sp³-hybridized carbons (Fsp3) is 0.417. The van der Waals surface area contributed by atoms with E-state index in [-0.39, 0.29) is 24.3 Å². The van der Waals surface area contributed by atoms with Crippen molar-refractivity contribution >= 4 is 27.5 Å². The lowest BCUT2D eigenvalue weighted by atomic mass is 10.2. The molecule has 0 saturated heterocycles. The Morgan fingerprint density at radius 1 is 1.45 bits per heavy atom. The summed E-state index contributed by atoms with van der Waals surface area (Å²) in [6, 6.07) is 0. The highest BCUT2D eigenvalue weighted by atomic mass is 79.9. The minimum absolute atomic E-state index is 0.00310. The Hall–Kier alpha value is -1.84. The number of H-pyrrole nitrogens is 1. The average Bonchev–Trinajstić information content (AvgIpc) is 2.93. The minimum atomic E-state index is -4.63. The first-order valence-electron chi connectivity index (χ1n) is 6.30. The Morgan fingerprint density at radius 2 is 2.14 bits per heavy atom. The van der Waals surface area contributed by atoms with E-state index in [0.29, 0.717) is 0 Å². The van der Waals surface area contributed by atoms with E-state index in [1.807, 2.05) is 6.92 Å². The van der Waals surface area contributed by atoms with Gasteiger partial charge in [0.2, 0.25) is 5.91 Å². The normalized spacial score (nSPS) is 11.7. The zero-order valence-corrected chi connectivity index (χ0v) is 13.3. The highest BCUT2D eigenvalue weighted by molar-refractivity contribution is 9.10. The third-order valence-electron chi connectivity index (χ3n) is 3.07. The standard InChI is InChI=1S/C12H13BrF3N5O/c1-6-10(11(20-19-6)12(14,15)16)18-9(22)3-4-21-7(2)8(13)5-17-21/h5H,3-4H2,1-2H3,(H,18,22)(H,19,20). The van der Waals surface area contributed by atoms with Crippen molar-refractivity contribution in [3.63, 3.8) is 0 Å². The van der Waals surface area contributed by atoms with Crippen LogP contribution in [0.1, 0.15) is 23.5 Å². The molecule has 0 aromatic carbocycles. The van der Waals surface area contributed by atoms with Crippen molar-refractivity contribution in [2.45, 2.75) is 33.0 Å². The second-order valence-electron chi connectivity index (χ2n) is 4.67. The van der Waals surface area contributed by atoms with E-state index in [4.69, 9.17) is 0 Å². The summed E-state index contributed by atoms with van der Waals surface area (Å²) in [5.74, 6) is -0.541. The van der Waals surface area contributed by atoms with Gasteiger partial charge < -0.3 is 5.32 Å². The van der Waals surface area contributed by atoms with Crippen LogP contribution in [-0.2, 0) is 17.5 Å². The first-order chi connectivity index (χ1) is 10.2. The smallest absolute Gasteiger partial charge is 0.323 e. The van der Waals surface area contributed by atoms with Crippen molar-refractivity contribution in [3.8, 4) is 0 Å². The van der Waals surface area contributed by atoms with Crippen LogP contribution in [0.5, 0.6) is 0 Å². The van der Waals surface area contributed by atoms with Gasteiger partial charge in [0.25, 0.3) is 0 Å². The molecule has 0 aliphatic carbocycles. The number of hydrogen-bond donors (Lipinski definition) is 2. The maximum atomic E-state index is 12.8. The lowest BCUT2D eigenvalue weighted by Gasteiger charge is -2.09. The van der Waals surface area contributed by atoms with Crippen LogP contribution in [0.15, 0.2) is 10.7 Å². The van der Waals surface area contributed by atoms with Gasteiger partial charge in [0.1, 0.15) is 0 Å². The third kappa shape index (κ3) is 3.49. The minimum Gasteiger partial charge on any atom is -0.323 e. The number of aromatic nitrogens is 4. The van der Waals surface area contributed by atoms with Gasteiger partial charge in [0.05, 0.1) is 28.6 Å². The van der Waals surface area contributed by atoms with Crippen molar-refractivity contribution in [2.75, 3.05) is 5.32 Å². The first-order valence-corrected chi connectivity index (χ1v) is 7.09. The van der Waals surface area contributed by atoms with Gasteiger partial charge in [-0.2, -0.15) is 23.4 Å². The Morgan fingerprint density at radius 3 is 2.68 bits per heavy atom. The third-order valence-corrected chi connectivity index (χ3v) is 3.85. The molecule has 0 saturated carbocycles. The maximum absolute atomic E-state index is 12.8. The molecule has 1 amide bonds. The van der Waals surface area contributed by atoms with E-state index in [0.717, 1.165) is 10.2 Å². The summed E-state index contributed by atoms with van der Waals surface area (Å²) in [6.45, 7) is 3.49. The van der Waals surface area contributed by atoms with Crippen molar-refractivity contribution in [3.05, 3.63) is 27.8 Å². The highest BCUT2D eigenvalue weighted by Crippen LogP contribution is 2.34. The number of alkyl halides is 3. The molecule has 0 unspecified atom stereocenters. The number of halogens is 4. The van der Waals surface area contributed by atoms with Gasteiger partial charge in [-0.1, -0.05) is 0 Å². The van der Waals surface area contributed by atoms with Crippen molar-refractivity contribution in [1.29, 1.82) is 0 Å². The fourth-order valence-electron chi connectivity index (χ4n) is 1.85. The zero-order valence-electron chi connectivity index (χ0n) is 11.8. The number of carbonyl (C=O) groups excluding carboxylic acids is 1. The fourth-order valence-corrected chi connectivity index (χ4v) is 2.14. The largest absolute Gasteiger partial charge is 0.437 e. The summed E-state index contributed by atoms with van der Waals surface area (Å²) in [5.41, 5.74) is -0.478. The molecule has 22 heavy (non-hydrogen) atoms. The molecule has 0 fully saturated rings. The molecule has 2 aromatic heterocycles. The lowest BCUT2D eigenvalue weighted by Crippen LogP contribution is -2.18. The predicted molar refractivity (Wildman–Crippen MR) is 76.2 cm³/mol. The second kappa shape index (κ2) is 6.11. The highest BCUT2D eigenvalue weighted by Gasteiger charge is 2.38. The SMILES string of the molecule is Cc1[nH]nc(C(F)(F)F)c1NC(=O)CCn1ncc(Br)c1C. The topological polar surface area (TPSA) is 75.6 Å². The average molecular weight is 380 g/mol. The van der Waals surface area contributed by atoms with E-state index in [2.05, 4.69) is 36.5 Å². The Kier molecular flexibility index (Phi) is 4.59. The van der Waals surface area contributed by atoms with Gasteiger partial charge in [-0.3, -0.25) is 14.6 Å². The van der Waals surface area contributed by atoms with E-state index in [1.54, 1.807) is 10.9 Å². The number of carbonyl (C=O) groups is 1. The number of nitrogens with one attached hydrogen (secondary N) is 2. The molecule has 2 N–H and O–H groups in total. The molecule has 10 heteroatoms. The van der Waals surface area contributed by atoms with Gasteiger partial charge in [0.15, 0.2) is 5.69 Å². The first kappa shape index (κ1) is 16.5. The molecule has 0 aliphatic rings. The Bertz CT molecular complexity index is 691. The van der Waals surface area contributed by atoms with Crippen LogP contribution in [0.2, 0.25) is 0 Å². The van der Waals surface area contributed by atoms with E-state index < -0.39 is 17.8 Å². The molecule has 0 spiro atoms. The number of aromatic amines is 1. The second-order valence-corrected chi connectivity index (χ2v) is 5.52. The molecule has 0 bridgehead atoms. The van der Waals surface area contributed by atoms with E-state index in [9.17, 15) is 18.0 Å². The molecule has 0 atom stereocenters. The van der Waals surface area contributed by atoms with Gasteiger partial charge >= 0.3 is 6.18 Å². The molecule has 120 valence electrons.